The molecule has 12 nitrogen and oxygen atoms in total. The number of fused-ring (bicyclic) bond motifs is 2. The lowest BCUT2D eigenvalue weighted by Gasteiger charge is -2.24. The van der Waals surface area contributed by atoms with Crippen LogP contribution < -0.4 is 33.8 Å². The summed E-state index contributed by atoms with van der Waals surface area (Å²) in [5, 5.41) is 10.9. The van der Waals surface area contributed by atoms with Gasteiger partial charge in [-0.1, -0.05) is 23.5 Å². The Morgan fingerprint density at radius 1 is 1.11 bits per heavy atom. The molecule has 2 aliphatic rings. The van der Waals surface area contributed by atoms with Gasteiger partial charge in [-0.05, 0) is 73.0 Å². The number of nitrogens with zero attached hydrogens (tertiary/aromatic N) is 3. The maximum Gasteiger partial charge on any atom is 0.338 e. The Balaban J connectivity index is 1.35. The molecule has 0 aliphatic carbocycles. The van der Waals surface area contributed by atoms with Crippen LogP contribution in [0.25, 0.3) is 6.08 Å². The lowest BCUT2D eigenvalue weighted by Crippen LogP contribution is -2.39. The van der Waals surface area contributed by atoms with Gasteiger partial charge in [0.25, 0.3) is 11.2 Å². The van der Waals surface area contributed by atoms with E-state index in [4.69, 9.17) is 23.7 Å². The summed E-state index contributed by atoms with van der Waals surface area (Å²) in [7, 11) is 1.51. The summed E-state index contributed by atoms with van der Waals surface area (Å²) in [6.07, 6.45) is 1.73. The molecule has 0 spiro atoms. The number of aromatic nitrogens is 1. The van der Waals surface area contributed by atoms with Crippen LogP contribution in [0, 0.1) is 10.1 Å². The monoisotopic (exact) mass is 629 g/mol. The van der Waals surface area contributed by atoms with Crippen molar-refractivity contribution in [3.63, 3.8) is 0 Å². The molecule has 1 aromatic heterocycles. The van der Waals surface area contributed by atoms with Gasteiger partial charge in [0.2, 0.25) is 6.79 Å². The molecule has 0 fully saturated rings. The van der Waals surface area contributed by atoms with E-state index < -0.39 is 16.9 Å². The maximum absolute atomic E-state index is 14.0. The summed E-state index contributed by atoms with van der Waals surface area (Å²) in [6, 6.07) is 15.9. The van der Waals surface area contributed by atoms with Crippen LogP contribution in [0.5, 0.6) is 23.0 Å². The Labute approximate surface area is 260 Å². The van der Waals surface area contributed by atoms with E-state index in [-0.39, 0.29) is 36.8 Å². The molecule has 3 aromatic carbocycles. The zero-order valence-electron chi connectivity index (χ0n) is 24.5. The molecule has 0 saturated heterocycles. The Hall–Kier alpha value is -5.43. The molecule has 1 atom stereocenters. The van der Waals surface area contributed by atoms with Crippen LogP contribution in [0.1, 0.15) is 36.6 Å². The molecule has 0 bridgehead atoms. The number of esters is 1. The van der Waals surface area contributed by atoms with E-state index in [1.807, 2.05) is 0 Å². The first-order valence-electron chi connectivity index (χ1n) is 13.9. The number of allylic oxidation sites excluding steroid dienone is 1. The largest absolute Gasteiger partial charge is 0.493 e. The molecular formula is C32H27N3O9S. The van der Waals surface area contributed by atoms with Crippen molar-refractivity contribution >= 4 is 29.1 Å². The summed E-state index contributed by atoms with van der Waals surface area (Å²) in [6.45, 7) is 3.88. The van der Waals surface area contributed by atoms with Gasteiger partial charge >= 0.3 is 5.97 Å². The standard InChI is InChI=1S/C32H27N3O9S/c1-4-41-31(37)28-18(2)33-32-34(29(28)21-8-12-24-26(15-21)44-17-43-24)30(36)27(45-32)14-20-7-11-23(25(13-20)40-3)42-16-19-5-9-22(10-6-19)35(38)39/h5-15,29H,4,16-17H2,1-3H3/b27-14-. The number of carbonyl (C=O) groups excluding carboxylic acids is 1. The smallest absolute Gasteiger partial charge is 0.338 e. The first kappa shape index (κ1) is 29.6. The molecule has 3 heterocycles. The number of hydrogen-bond acceptors (Lipinski definition) is 11. The predicted octanol–water partition coefficient (Wildman–Crippen LogP) is 4.02. The van der Waals surface area contributed by atoms with Crippen molar-refractivity contribution in [2.75, 3.05) is 20.5 Å². The normalized spacial score (nSPS) is 15.4. The number of methoxy groups -OCH3 is 1. The fourth-order valence-electron chi connectivity index (χ4n) is 5.11. The van der Waals surface area contributed by atoms with Crippen LogP contribution in [0.2, 0.25) is 0 Å². The number of nitro benzene ring substituents is 1. The van der Waals surface area contributed by atoms with E-state index in [0.29, 0.717) is 49.2 Å². The molecule has 230 valence electrons. The second kappa shape index (κ2) is 12.3. The lowest BCUT2D eigenvalue weighted by molar-refractivity contribution is -0.384. The molecule has 0 saturated carbocycles. The van der Waals surface area contributed by atoms with Crippen LogP contribution in [0.4, 0.5) is 5.69 Å². The van der Waals surface area contributed by atoms with Gasteiger partial charge in [0.15, 0.2) is 27.8 Å². The van der Waals surface area contributed by atoms with Gasteiger partial charge in [0, 0.05) is 12.1 Å². The van der Waals surface area contributed by atoms with Gasteiger partial charge < -0.3 is 23.7 Å². The van der Waals surface area contributed by atoms with Crippen molar-refractivity contribution < 1.29 is 33.4 Å². The summed E-state index contributed by atoms with van der Waals surface area (Å²) < 4.78 is 29.8. The maximum atomic E-state index is 14.0. The molecule has 4 aromatic rings. The molecule has 0 amide bonds. The van der Waals surface area contributed by atoms with E-state index in [0.717, 1.165) is 5.56 Å². The zero-order valence-corrected chi connectivity index (χ0v) is 25.3. The third kappa shape index (κ3) is 5.77. The molecule has 6 rings (SSSR count). The van der Waals surface area contributed by atoms with Gasteiger partial charge in [-0.25, -0.2) is 9.79 Å². The highest BCUT2D eigenvalue weighted by Gasteiger charge is 2.34. The summed E-state index contributed by atoms with van der Waals surface area (Å²) in [5.74, 6) is 1.46. The van der Waals surface area contributed by atoms with E-state index in [1.165, 1.54) is 35.1 Å². The molecule has 45 heavy (non-hydrogen) atoms. The summed E-state index contributed by atoms with van der Waals surface area (Å²) in [4.78, 5) is 42.6. The van der Waals surface area contributed by atoms with Crippen LogP contribution in [-0.4, -0.2) is 36.0 Å². The number of non-ortho nitro benzene ring substituents is 1. The van der Waals surface area contributed by atoms with E-state index in [9.17, 15) is 19.7 Å². The Morgan fingerprint density at radius 2 is 1.89 bits per heavy atom. The van der Waals surface area contributed by atoms with Crippen LogP contribution in [0.3, 0.4) is 0 Å². The van der Waals surface area contributed by atoms with Gasteiger partial charge in [-0.15, -0.1) is 0 Å². The summed E-state index contributed by atoms with van der Waals surface area (Å²) >= 11 is 1.21. The van der Waals surface area contributed by atoms with Crippen molar-refractivity contribution in [3.8, 4) is 23.0 Å². The average Bonchev–Trinajstić information content (AvgIpc) is 3.63. The van der Waals surface area contributed by atoms with Crippen molar-refractivity contribution in [1.82, 2.24) is 4.57 Å². The van der Waals surface area contributed by atoms with E-state index in [1.54, 1.807) is 68.5 Å². The predicted molar refractivity (Wildman–Crippen MR) is 163 cm³/mol. The van der Waals surface area contributed by atoms with Crippen molar-refractivity contribution in [2.45, 2.75) is 26.5 Å². The first-order valence-corrected chi connectivity index (χ1v) is 14.7. The number of thiazole rings is 1. The second-order valence-electron chi connectivity index (χ2n) is 10.0. The third-order valence-corrected chi connectivity index (χ3v) is 8.24. The number of rotatable bonds is 9. The van der Waals surface area contributed by atoms with Gasteiger partial charge in [-0.2, -0.15) is 0 Å². The minimum atomic E-state index is -0.790. The van der Waals surface area contributed by atoms with E-state index >= 15 is 0 Å². The number of benzene rings is 3. The Bertz CT molecular complexity index is 2030. The highest BCUT2D eigenvalue weighted by atomic mass is 32.1. The van der Waals surface area contributed by atoms with Gasteiger partial charge in [0.1, 0.15) is 6.61 Å². The van der Waals surface area contributed by atoms with Crippen LogP contribution in [0.15, 0.2) is 81.7 Å². The average molecular weight is 630 g/mol. The van der Waals surface area contributed by atoms with Crippen molar-refractivity contribution in [2.24, 2.45) is 4.99 Å². The molecule has 2 aliphatic heterocycles. The van der Waals surface area contributed by atoms with Gasteiger partial charge in [0.05, 0.1) is 40.5 Å². The number of carbonyl (C=O) groups is 1. The van der Waals surface area contributed by atoms with Crippen LogP contribution >= 0.6 is 11.3 Å². The fraction of sp³-hybridized carbons (Fsp3) is 0.219. The van der Waals surface area contributed by atoms with Gasteiger partial charge in [-0.3, -0.25) is 19.5 Å². The highest BCUT2D eigenvalue weighted by Crippen LogP contribution is 2.38. The van der Waals surface area contributed by atoms with Crippen molar-refractivity contribution in [1.29, 1.82) is 0 Å². The number of hydrogen-bond donors (Lipinski definition) is 0. The van der Waals surface area contributed by atoms with Crippen molar-refractivity contribution in [3.05, 3.63) is 118 Å². The third-order valence-electron chi connectivity index (χ3n) is 7.26. The zero-order chi connectivity index (χ0) is 31.7. The lowest BCUT2D eigenvalue weighted by atomic mass is 9.95. The molecule has 0 radical (unpaired) electrons. The highest BCUT2D eigenvalue weighted by molar-refractivity contribution is 7.07. The second-order valence-corrected chi connectivity index (χ2v) is 11.0. The first-order chi connectivity index (χ1) is 21.8. The minimum Gasteiger partial charge on any atom is -0.493 e. The molecular weight excluding hydrogens is 602 g/mol. The molecule has 1 unspecified atom stereocenters. The SMILES string of the molecule is CCOC(=O)C1=C(C)N=c2s/c(=C\c3ccc(OCc4ccc([N+](=O)[O-])cc4)c(OC)c3)c(=O)n2C1c1ccc2c(c1)OCO2. The van der Waals surface area contributed by atoms with E-state index in [2.05, 4.69) is 4.99 Å². The Morgan fingerprint density at radius 3 is 2.62 bits per heavy atom. The fourth-order valence-corrected chi connectivity index (χ4v) is 6.16. The Kier molecular flexibility index (Phi) is 8.09. The summed E-state index contributed by atoms with van der Waals surface area (Å²) in [5.41, 5.74) is 2.49. The quantitative estimate of drug-likeness (QED) is 0.153. The number of nitro groups is 1. The molecule has 13 heteroatoms. The minimum absolute atomic E-state index is 0.000420. The number of ether oxygens (including phenoxy) is 5. The topological polar surface area (TPSA) is 141 Å². The molecule has 0 N–H and O–H groups in total. The van der Waals surface area contributed by atoms with Crippen LogP contribution in [-0.2, 0) is 16.1 Å².